The van der Waals surface area contributed by atoms with Gasteiger partial charge < -0.3 is 0 Å². The van der Waals surface area contributed by atoms with E-state index in [2.05, 4.69) is 89.7 Å². The SMILES string of the molecule is C=C(C)c1cccc(/C(C)=C/c2cc(C(C)C)ccc2C)c1.CC.CC.CC. The molecule has 156 valence electrons. The Balaban J connectivity index is 0. The molecule has 28 heavy (non-hydrogen) atoms. The maximum absolute atomic E-state index is 4.04. The van der Waals surface area contributed by atoms with Crippen molar-refractivity contribution in [3.63, 3.8) is 0 Å². The molecule has 0 nitrogen and oxygen atoms in total. The minimum absolute atomic E-state index is 0.555. The van der Waals surface area contributed by atoms with E-state index >= 15 is 0 Å². The first-order valence-corrected chi connectivity index (χ1v) is 10.9. The Morgan fingerprint density at radius 3 is 1.86 bits per heavy atom. The number of hydrogen-bond donors (Lipinski definition) is 0. The third-order valence-electron chi connectivity index (χ3n) is 4.15. The lowest BCUT2D eigenvalue weighted by molar-refractivity contribution is 0.865. The molecule has 0 unspecified atom stereocenters. The fourth-order valence-corrected chi connectivity index (χ4v) is 2.52. The van der Waals surface area contributed by atoms with Gasteiger partial charge in [-0.05, 0) is 66.1 Å². The van der Waals surface area contributed by atoms with Gasteiger partial charge in [0.1, 0.15) is 0 Å². The molecule has 0 bridgehead atoms. The smallest absolute Gasteiger partial charge is 0.0219 e. The summed E-state index contributed by atoms with van der Waals surface area (Å²) in [6, 6.07) is 15.4. The molecule has 0 aromatic heterocycles. The topological polar surface area (TPSA) is 0 Å². The van der Waals surface area contributed by atoms with Crippen LogP contribution in [0.3, 0.4) is 0 Å². The van der Waals surface area contributed by atoms with Crippen molar-refractivity contribution < 1.29 is 0 Å². The first-order valence-electron chi connectivity index (χ1n) is 10.9. The number of allylic oxidation sites excluding steroid dienone is 2. The van der Waals surface area contributed by atoms with E-state index in [0.717, 1.165) is 5.57 Å². The van der Waals surface area contributed by atoms with Gasteiger partial charge in [0.05, 0.1) is 0 Å². The molecule has 0 spiro atoms. The maximum Gasteiger partial charge on any atom is -0.0219 e. The van der Waals surface area contributed by atoms with E-state index < -0.39 is 0 Å². The highest BCUT2D eigenvalue weighted by Crippen LogP contribution is 2.25. The van der Waals surface area contributed by atoms with Gasteiger partial charge in [0.25, 0.3) is 0 Å². The molecule has 2 rings (SSSR count). The van der Waals surface area contributed by atoms with Gasteiger partial charge in [-0.25, -0.2) is 0 Å². The fraction of sp³-hybridized carbons (Fsp3) is 0.429. The van der Waals surface area contributed by atoms with Crippen molar-refractivity contribution in [2.24, 2.45) is 0 Å². The third-order valence-corrected chi connectivity index (χ3v) is 4.15. The highest BCUT2D eigenvalue weighted by molar-refractivity contribution is 5.82. The summed E-state index contributed by atoms with van der Waals surface area (Å²) >= 11 is 0. The molecule has 0 N–H and O–H groups in total. The summed E-state index contributed by atoms with van der Waals surface area (Å²) in [5.41, 5.74) is 8.87. The second-order valence-electron chi connectivity index (χ2n) is 6.46. The number of benzene rings is 2. The van der Waals surface area contributed by atoms with Crippen LogP contribution in [0.25, 0.3) is 17.2 Å². The Bertz CT molecular complexity index is 715. The molecular weight excluding hydrogens is 336 g/mol. The van der Waals surface area contributed by atoms with E-state index in [1.165, 1.54) is 33.4 Å². The minimum atomic E-state index is 0.555. The lowest BCUT2D eigenvalue weighted by Crippen LogP contribution is -1.91. The normalized spacial score (nSPS) is 9.93. The molecule has 0 aliphatic rings. The maximum atomic E-state index is 4.04. The van der Waals surface area contributed by atoms with Crippen LogP contribution in [0.4, 0.5) is 0 Å². The molecule has 0 aliphatic carbocycles. The zero-order valence-corrected chi connectivity index (χ0v) is 20.4. The quantitative estimate of drug-likeness (QED) is 0.463. The highest BCUT2D eigenvalue weighted by Gasteiger charge is 2.04. The molecular formula is C28H44. The molecule has 0 heterocycles. The molecule has 2 aromatic rings. The summed E-state index contributed by atoms with van der Waals surface area (Å²) in [6.45, 7) is 26.9. The van der Waals surface area contributed by atoms with Crippen LogP contribution in [-0.4, -0.2) is 0 Å². The van der Waals surface area contributed by atoms with Gasteiger partial charge in [0.15, 0.2) is 0 Å². The van der Waals surface area contributed by atoms with Crippen LogP contribution in [0.5, 0.6) is 0 Å². The van der Waals surface area contributed by atoms with Crippen molar-refractivity contribution in [2.75, 3.05) is 0 Å². The summed E-state index contributed by atoms with van der Waals surface area (Å²) in [5.74, 6) is 0.555. The minimum Gasteiger partial charge on any atom is -0.0955 e. The molecule has 0 heteroatoms. The summed E-state index contributed by atoms with van der Waals surface area (Å²) in [5, 5.41) is 0. The van der Waals surface area contributed by atoms with Gasteiger partial charge >= 0.3 is 0 Å². The summed E-state index contributed by atoms with van der Waals surface area (Å²) in [4.78, 5) is 0. The first kappa shape index (κ1) is 28.1. The van der Waals surface area contributed by atoms with Gasteiger partial charge in [-0.1, -0.05) is 110 Å². The lowest BCUT2D eigenvalue weighted by Gasteiger charge is -2.10. The number of aryl methyl sites for hydroxylation is 1. The molecule has 0 amide bonds. The Labute approximate surface area is 176 Å². The Morgan fingerprint density at radius 1 is 0.821 bits per heavy atom. The Hall–Kier alpha value is -2.08. The lowest BCUT2D eigenvalue weighted by atomic mass is 9.95. The van der Waals surface area contributed by atoms with Crippen LogP contribution < -0.4 is 0 Å². The van der Waals surface area contributed by atoms with Crippen molar-refractivity contribution in [1.29, 1.82) is 0 Å². The average Bonchev–Trinajstić information content (AvgIpc) is 2.74. The largest absolute Gasteiger partial charge is 0.0955 e. The first-order chi connectivity index (χ1) is 13.4. The Morgan fingerprint density at radius 2 is 1.36 bits per heavy atom. The van der Waals surface area contributed by atoms with Crippen LogP contribution in [-0.2, 0) is 0 Å². The van der Waals surface area contributed by atoms with E-state index in [0.29, 0.717) is 5.92 Å². The highest BCUT2D eigenvalue weighted by atomic mass is 14.1. The second kappa shape index (κ2) is 15.9. The standard InChI is InChI=1S/C22H26.3C2H6/c1-15(2)19-8-7-9-21(13-19)18(6)12-22-14-20(16(3)4)11-10-17(22)5;3*1-2/h7-14,16H,1H2,2-6H3;3*1-2H3/b18-12+;;;. The average molecular weight is 381 g/mol. The van der Waals surface area contributed by atoms with Crippen molar-refractivity contribution >= 4 is 17.2 Å². The van der Waals surface area contributed by atoms with E-state index in [4.69, 9.17) is 0 Å². The van der Waals surface area contributed by atoms with Crippen LogP contribution in [0.1, 0.15) is 103 Å². The van der Waals surface area contributed by atoms with E-state index in [1.54, 1.807) is 0 Å². The van der Waals surface area contributed by atoms with Gasteiger partial charge in [-0.3, -0.25) is 0 Å². The molecule has 2 aromatic carbocycles. The molecule has 0 saturated carbocycles. The zero-order chi connectivity index (χ0) is 22.3. The van der Waals surface area contributed by atoms with Crippen molar-refractivity contribution in [3.05, 3.63) is 76.9 Å². The van der Waals surface area contributed by atoms with E-state index in [1.807, 2.05) is 41.5 Å². The molecule has 0 radical (unpaired) electrons. The summed E-state index contributed by atoms with van der Waals surface area (Å²) in [7, 11) is 0. The monoisotopic (exact) mass is 380 g/mol. The van der Waals surface area contributed by atoms with Gasteiger partial charge in [0.2, 0.25) is 0 Å². The molecule has 0 atom stereocenters. The zero-order valence-electron chi connectivity index (χ0n) is 20.4. The van der Waals surface area contributed by atoms with Crippen LogP contribution in [0.2, 0.25) is 0 Å². The number of rotatable bonds is 4. The van der Waals surface area contributed by atoms with E-state index in [-0.39, 0.29) is 0 Å². The molecule has 0 aliphatic heterocycles. The predicted molar refractivity (Wildman–Crippen MR) is 134 cm³/mol. The van der Waals surface area contributed by atoms with Crippen molar-refractivity contribution in [2.45, 2.75) is 82.1 Å². The molecule has 0 fully saturated rings. The van der Waals surface area contributed by atoms with Crippen molar-refractivity contribution in [3.8, 4) is 0 Å². The Kier molecular flexibility index (Phi) is 16.0. The van der Waals surface area contributed by atoms with Crippen LogP contribution in [0, 0.1) is 6.92 Å². The van der Waals surface area contributed by atoms with Crippen LogP contribution in [0.15, 0.2) is 49.0 Å². The number of hydrogen-bond acceptors (Lipinski definition) is 0. The summed E-state index contributed by atoms with van der Waals surface area (Å²) in [6.07, 6.45) is 2.29. The van der Waals surface area contributed by atoms with Gasteiger partial charge in [-0.15, -0.1) is 0 Å². The van der Waals surface area contributed by atoms with E-state index in [9.17, 15) is 0 Å². The van der Waals surface area contributed by atoms with Gasteiger partial charge in [-0.2, -0.15) is 0 Å². The van der Waals surface area contributed by atoms with Crippen molar-refractivity contribution in [1.82, 2.24) is 0 Å². The van der Waals surface area contributed by atoms with Crippen LogP contribution >= 0.6 is 0 Å². The second-order valence-corrected chi connectivity index (χ2v) is 6.46. The summed E-state index contributed by atoms with van der Waals surface area (Å²) < 4.78 is 0. The fourth-order valence-electron chi connectivity index (χ4n) is 2.52. The predicted octanol–water partition coefficient (Wildman–Crippen LogP) is 9.79. The molecule has 0 saturated heterocycles. The third kappa shape index (κ3) is 9.22. The van der Waals surface area contributed by atoms with Gasteiger partial charge in [0, 0.05) is 0 Å².